The van der Waals surface area contributed by atoms with Crippen molar-refractivity contribution in [2.24, 2.45) is 0 Å². The molecule has 1 aromatic heterocycles. The SMILES string of the molecule is CNCc1sc(S(=O)(=O)N(C)C2CCCCC2)cc1C. The lowest BCUT2D eigenvalue weighted by molar-refractivity contribution is 0.286. The van der Waals surface area contributed by atoms with Gasteiger partial charge in [-0.1, -0.05) is 19.3 Å². The fourth-order valence-corrected chi connectivity index (χ4v) is 5.94. The minimum Gasteiger partial charge on any atom is -0.315 e. The minimum absolute atomic E-state index is 0.170. The van der Waals surface area contributed by atoms with Crippen LogP contribution < -0.4 is 5.32 Å². The zero-order valence-electron chi connectivity index (χ0n) is 12.5. The predicted molar refractivity (Wildman–Crippen MR) is 83.6 cm³/mol. The van der Waals surface area contributed by atoms with E-state index in [1.165, 1.54) is 17.8 Å². The second-order valence-electron chi connectivity index (χ2n) is 5.52. The van der Waals surface area contributed by atoms with Crippen LogP contribution in [0, 0.1) is 6.92 Å². The van der Waals surface area contributed by atoms with E-state index in [4.69, 9.17) is 0 Å². The summed E-state index contributed by atoms with van der Waals surface area (Å²) in [5, 5.41) is 3.08. The fraction of sp³-hybridized carbons (Fsp3) is 0.714. The first-order valence-electron chi connectivity index (χ1n) is 7.18. The highest BCUT2D eigenvalue weighted by Crippen LogP contribution is 2.31. The van der Waals surface area contributed by atoms with Crippen molar-refractivity contribution in [1.82, 2.24) is 9.62 Å². The first kappa shape index (κ1) is 15.9. The van der Waals surface area contributed by atoms with Gasteiger partial charge in [0, 0.05) is 24.5 Å². The molecule has 20 heavy (non-hydrogen) atoms. The van der Waals surface area contributed by atoms with Crippen molar-refractivity contribution >= 4 is 21.4 Å². The number of nitrogens with one attached hydrogen (secondary N) is 1. The fourth-order valence-electron chi connectivity index (χ4n) is 2.73. The molecule has 0 saturated heterocycles. The van der Waals surface area contributed by atoms with E-state index in [1.807, 2.05) is 20.0 Å². The van der Waals surface area contributed by atoms with Crippen LogP contribution in [0.4, 0.5) is 0 Å². The maximum atomic E-state index is 12.7. The molecule has 0 radical (unpaired) electrons. The molecule has 1 aliphatic rings. The number of aryl methyl sites for hydroxylation is 1. The molecular formula is C14H24N2O2S2. The second kappa shape index (κ2) is 6.56. The molecule has 0 aliphatic heterocycles. The summed E-state index contributed by atoms with van der Waals surface area (Å²) in [5.74, 6) is 0. The van der Waals surface area contributed by atoms with E-state index in [-0.39, 0.29) is 6.04 Å². The number of nitrogens with zero attached hydrogens (tertiary/aromatic N) is 1. The third-order valence-electron chi connectivity index (χ3n) is 4.06. The summed E-state index contributed by atoms with van der Waals surface area (Å²) in [7, 11) is 0.276. The smallest absolute Gasteiger partial charge is 0.252 e. The average Bonchev–Trinajstić information content (AvgIpc) is 2.81. The van der Waals surface area contributed by atoms with Crippen molar-refractivity contribution in [2.75, 3.05) is 14.1 Å². The maximum Gasteiger partial charge on any atom is 0.252 e. The van der Waals surface area contributed by atoms with Gasteiger partial charge in [-0.05, 0) is 38.4 Å². The largest absolute Gasteiger partial charge is 0.315 e. The summed E-state index contributed by atoms with van der Waals surface area (Å²) < 4.78 is 27.5. The van der Waals surface area contributed by atoms with Crippen LogP contribution in [0.3, 0.4) is 0 Å². The molecule has 1 N–H and O–H groups in total. The van der Waals surface area contributed by atoms with Crippen LogP contribution in [-0.2, 0) is 16.6 Å². The van der Waals surface area contributed by atoms with Crippen LogP contribution in [0.5, 0.6) is 0 Å². The van der Waals surface area contributed by atoms with Crippen molar-refractivity contribution < 1.29 is 8.42 Å². The number of thiophene rings is 1. The first-order valence-corrected chi connectivity index (χ1v) is 9.44. The Hall–Kier alpha value is -0.430. The molecular weight excluding hydrogens is 292 g/mol. The predicted octanol–water partition coefficient (Wildman–Crippen LogP) is 2.73. The third-order valence-corrected chi connectivity index (χ3v) is 7.65. The van der Waals surface area contributed by atoms with Crippen LogP contribution in [0.25, 0.3) is 0 Å². The number of sulfonamides is 1. The molecule has 0 bridgehead atoms. The van der Waals surface area contributed by atoms with E-state index < -0.39 is 10.0 Å². The van der Waals surface area contributed by atoms with Crippen LogP contribution in [0.1, 0.15) is 42.5 Å². The highest BCUT2D eigenvalue weighted by atomic mass is 32.2. The van der Waals surface area contributed by atoms with E-state index in [9.17, 15) is 8.42 Å². The van der Waals surface area contributed by atoms with E-state index in [1.54, 1.807) is 11.4 Å². The molecule has 114 valence electrons. The molecule has 1 saturated carbocycles. The Morgan fingerprint density at radius 1 is 1.35 bits per heavy atom. The van der Waals surface area contributed by atoms with Crippen molar-refractivity contribution in [3.05, 3.63) is 16.5 Å². The van der Waals surface area contributed by atoms with Gasteiger partial charge in [-0.2, -0.15) is 4.31 Å². The number of hydrogen-bond acceptors (Lipinski definition) is 4. The molecule has 1 aliphatic carbocycles. The molecule has 0 amide bonds. The van der Waals surface area contributed by atoms with E-state index >= 15 is 0 Å². The van der Waals surface area contributed by atoms with Crippen molar-refractivity contribution in [3.8, 4) is 0 Å². The Bertz CT molecular complexity index is 546. The van der Waals surface area contributed by atoms with Crippen LogP contribution in [0.15, 0.2) is 10.3 Å². The van der Waals surface area contributed by atoms with Crippen molar-refractivity contribution in [3.63, 3.8) is 0 Å². The van der Waals surface area contributed by atoms with Gasteiger partial charge in [0.05, 0.1) is 0 Å². The molecule has 1 fully saturated rings. The quantitative estimate of drug-likeness (QED) is 0.908. The van der Waals surface area contributed by atoms with Crippen molar-refractivity contribution in [1.29, 1.82) is 0 Å². The Labute approximate surface area is 126 Å². The van der Waals surface area contributed by atoms with Crippen molar-refractivity contribution in [2.45, 2.75) is 55.8 Å². The normalized spacial score (nSPS) is 17.8. The van der Waals surface area contributed by atoms with Gasteiger partial charge < -0.3 is 5.32 Å². The van der Waals surface area contributed by atoms with Gasteiger partial charge in [0.25, 0.3) is 10.0 Å². The van der Waals surface area contributed by atoms with Gasteiger partial charge in [-0.3, -0.25) is 0 Å². The van der Waals surface area contributed by atoms with Crippen LogP contribution in [-0.4, -0.2) is 32.9 Å². The second-order valence-corrected chi connectivity index (χ2v) is 8.88. The molecule has 0 atom stereocenters. The molecule has 4 nitrogen and oxygen atoms in total. The topological polar surface area (TPSA) is 49.4 Å². The summed E-state index contributed by atoms with van der Waals surface area (Å²) in [6, 6.07) is 1.98. The van der Waals surface area contributed by atoms with Gasteiger partial charge in [-0.25, -0.2) is 8.42 Å². The summed E-state index contributed by atoms with van der Waals surface area (Å²) in [6.07, 6.45) is 5.49. The zero-order valence-corrected chi connectivity index (χ0v) is 14.1. The molecule has 6 heteroatoms. The lowest BCUT2D eigenvalue weighted by Crippen LogP contribution is -2.37. The summed E-state index contributed by atoms with van der Waals surface area (Å²) in [6.45, 7) is 2.70. The van der Waals surface area contributed by atoms with Gasteiger partial charge >= 0.3 is 0 Å². The third kappa shape index (κ3) is 3.24. The highest BCUT2D eigenvalue weighted by Gasteiger charge is 2.30. The molecule has 0 spiro atoms. The monoisotopic (exact) mass is 316 g/mol. The average molecular weight is 316 g/mol. The lowest BCUT2D eigenvalue weighted by Gasteiger charge is -2.29. The summed E-state index contributed by atoms with van der Waals surface area (Å²) in [4.78, 5) is 1.10. The molecule has 0 aromatic carbocycles. The van der Waals surface area contributed by atoms with Crippen LogP contribution >= 0.6 is 11.3 Å². The van der Waals surface area contributed by atoms with E-state index in [2.05, 4.69) is 5.32 Å². The standard InChI is InChI=1S/C14H24N2O2S2/c1-11-9-14(19-13(11)10-15-2)20(17,18)16(3)12-7-5-4-6-8-12/h9,12,15H,4-8,10H2,1-3H3. The maximum absolute atomic E-state index is 12.7. The molecule has 2 rings (SSSR count). The Kier molecular flexibility index (Phi) is 5.23. The van der Waals surface area contributed by atoms with Gasteiger partial charge in [0.1, 0.15) is 4.21 Å². The van der Waals surface area contributed by atoms with Crippen LogP contribution in [0.2, 0.25) is 0 Å². The summed E-state index contributed by atoms with van der Waals surface area (Å²) in [5.41, 5.74) is 1.06. The lowest BCUT2D eigenvalue weighted by atomic mass is 9.96. The highest BCUT2D eigenvalue weighted by molar-refractivity contribution is 7.91. The van der Waals surface area contributed by atoms with Gasteiger partial charge in [-0.15, -0.1) is 11.3 Å². The zero-order chi connectivity index (χ0) is 14.8. The molecule has 1 aromatic rings. The Morgan fingerprint density at radius 2 is 2.00 bits per heavy atom. The van der Waals surface area contributed by atoms with E-state index in [0.29, 0.717) is 4.21 Å². The molecule has 1 heterocycles. The van der Waals surface area contributed by atoms with Gasteiger partial charge in [0.15, 0.2) is 0 Å². The molecule has 0 unspecified atom stereocenters. The first-order chi connectivity index (χ1) is 9.46. The summed E-state index contributed by atoms with van der Waals surface area (Å²) >= 11 is 1.39. The van der Waals surface area contributed by atoms with Gasteiger partial charge in [0.2, 0.25) is 0 Å². The van der Waals surface area contributed by atoms with E-state index in [0.717, 1.165) is 42.7 Å². The Balaban J connectivity index is 2.22. The number of rotatable bonds is 5. The number of hydrogen-bond donors (Lipinski definition) is 1. The Morgan fingerprint density at radius 3 is 2.60 bits per heavy atom. The minimum atomic E-state index is -3.33.